The van der Waals surface area contributed by atoms with Crippen LogP contribution in [0.3, 0.4) is 0 Å². The molecule has 0 aromatic carbocycles. The molecule has 160 valence electrons. The summed E-state index contributed by atoms with van der Waals surface area (Å²) < 4.78 is 0. The Hall–Kier alpha value is -1.14. The zero-order chi connectivity index (χ0) is 19.6. The minimum Gasteiger partial charge on any atom is -0.356 e. The lowest BCUT2D eigenvalue weighted by molar-refractivity contribution is -0.125. The molecule has 0 aromatic rings. The van der Waals surface area contributed by atoms with Crippen molar-refractivity contribution in [2.45, 2.75) is 64.2 Å². The molecule has 2 amide bonds. The number of hydrogen-bond donors (Lipinski definition) is 2. The summed E-state index contributed by atoms with van der Waals surface area (Å²) in [6, 6.07) is 0. The van der Waals surface area contributed by atoms with E-state index < -0.39 is 0 Å². The fourth-order valence-electron chi connectivity index (χ4n) is 4.93. The van der Waals surface area contributed by atoms with E-state index in [0.717, 1.165) is 90.9 Å². The van der Waals surface area contributed by atoms with Crippen molar-refractivity contribution in [1.82, 2.24) is 20.4 Å². The molecule has 1 aliphatic heterocycles. The van der Waals surface area contributed by atoms with Crippen LogP contribution in [0.25, 0.3) is 0 Å². The third-order valence-corrected chi connectivity index (χ3v) is 6.82. The minimum atomic E-state index is 0.280. The first kappa shape index (κ1) is 21.6. The van der Waals surface area contributed by atoms with Crippen molar-refractivity contribution in [1.29, 1.82) is 0 Å². The smallest absolute Gasteiger partial charge is 0.223 e. The Labute approximate surface area is 170 Å². The lowest BCUT2D eigenvalue weighted by atomic mass is 10.1. The summed E-state index contributed by atoms with van der Waals surface area (Å²) in [5, 5.41) is 6.25. The van der Waals surface area contributed by atoms with Gasteiger partial charge in [0.1, 0.15) is 0 Å². The van der Waals surface area contributed by atoms with E-state index in [1.165, 1.54) is 25.7 Å². The highest BCUT2D eigenvalue weighted by atomic mass is 16.2. The first-order valence-corrected chi connectivity index (χ1v) is 11.7. The SMILES string of the molecule is O=C(NCCCN1CCN(CCCNC(=O)C2CCCC2)CC1)C1CCCC1. The van der Waals surface area contributed by atoms with Gasteiger partial charge >= 0.3 is 0 Å². The summed E-state index contributed by atoms with van der Waals surface area (Å²) in [5.74, 6) is 1.13. The zero-order valence-electron chi connectivity index (χ0n) is 17.6. The van der Waals surface area contributed by atoms with Crippen LogP contribution in [-0.2, 0) is 9.59 Å². The summed E-state index contributed by atoms with van der Waals surface area (Å²) in [7, 11) is 0. The van der Waals surface area contributed by atoms with Crippen LogP contribution >= 0.6 is 0 Å². The molecule has 3 rings (SSSR count). The second-order valence-electron chi connectivity index (χ2n) is 8.94. The molecule has 0 bridgehead atoms. The van der Waals surface area contributed by atoms with Gasteiger partial charge in [-0.25, -0.2) is 0 Å². The molecule has 6 heteroatoms. The van der Waals surface area contributed by atoms with E-state index in [4.69, 9.17) is 0 Å². The van der Waals surface area contributed by atoms with E-state index in [1.54, 1.807) is 0 Å². The number of nitrogens with one attached hydrogen (secondary N) is 2. The van der Waals surface area contributed by atoms with Crippen molar-refractivity contribution in [2.75, 3.05) is 52.4 Å². The van der Waals surface area contributed by atoms with Gasteiger partial charge in [0.25, 0.3) is 0 Å². The molecule has 2 N–H and O–H groups in total. The molecule has 0 spiro atoms. The van der Waals surface area contributed by atoms with Crippen LogP contribution in [0.4, 0.5) is 0 Å². The van der Waals surface area contributed by atoms with Crippen molar-refractivity contribution in [3.63, 3.8) is 0 Å². The average Bonchev–Trinajstić information content (AvgIpc) is 3.43. The van der Waals surface area contributed by atoms with E-state index in [0.29, 0.717) is 0 Å². The molecule has 1 saturated heterocycles. The maximum atomic E-state index is 12.0. The molecule has 28 heavy (non-hydrogen) atoms. The highest BCUT2D eigenvalue weighted by Gasteiger charge is 2.23. The van der Waals surface area contributed by atoms with Crippen LogP contribution in [0.1, 0.15) is 64.2 Å². The minimum absolute atomic E-state index is 0.280. The predicted molar refractivity (Wildman–Crippen MR) is 112 cm³/mol. The molecule has 3 aliphatic rings. The number of carbonyl (C=O) groups is 2. The fourth-order valence-corrected chi connectivity index (χ4v) is 4.93. The molecule has 0 atom stereocenters. The van der Waals surface area contributed by atoms with E-state index in [-0.39, 0.29) is 23.7 Å². The zero-order valence-corrected chi connectivity index (χ0v) is 17.6. The maximum absolute atomic E-state index is 12.0. The van der Waals surface area contributed by atoms with Crippen LogP contribution in [0.2, 0.25) is 0 Å². The molecule has 0 radical (unpaired) electrons. The lowest BCUT2D eigenvalue weighted by Crippen LogP contribution is -2.47. The third-order valence-electron chi connectivity index (χ3n) is 6.82. The van der Waals surface area contributed by atoms with Crippen molar-refractivity contribution in [3.05, 3.63) is 0 Å². The van der Waals surface area contributed by atoms with Crippen molar-refractivity contribution >= 4 is 11.8 Å². The molecule has 2 saturated carbocycles. The van der Waals surface area contributed by atoms with Gasteiger partial charge in [-0.05, 0) is 51.6 Å². The molecular formula is C22H40N4O2. The van der Waals surface area contributed by atoms with Gasteiger partial charge in [0, 0.05) is 51.1 Å². The standard InChI is InChI=1S/C22H40N4O2/c27-21(19-7-1-2-8-19)23-11-5-13-25-15-17-26(18-16-25)14-6-12-24-22(28)20-9-3-4-10-20/h19-20H,1-18H2,(H,23,27)(H,24,28). The normalized spacial score (nSPS) is 22.6. The van der Waals surface area contributed by atoms with Gasteiger partial charge in [-0.1, -0.05) is 25.7 Å². The Morgan fingerprint density at radius 2 is 1.00 bits per heavy atom. The van der Waals surface area contributed by atoms with Crippen LogP contribution in [0, 0.1) is 11.8 Å². The average molecular weight is 393 g/mol. The van der Waals surface area contributed by atoms with Gasteiger partial charge in [0.05, 0.1) is 0 Å². The number of nitrogens with zero attached hydrogens (tertiary/aromatic N) is 2. The lowest BCUT2D eigenvalue weighted by Gasteiger charge is -2.34. The number of amides is 2. The molecule has 6 nitrogen and oxygen atoms in total. The monoisotopic (exact) mass is 392 g/mol. The van der Waals surface area contributed by atoms with Crippen molar-refractivity contribution in [3.8, 4) is 0 Å². The summed E-state index contributed by atoms with van der Waals surface area (Å²) in [6.07, 6.45) is 11.3. The van der Waals surface area contributed by atoms with E-state index in [1.807, 2.05) is 0 Å². The second kappa shape index (κ2) is 11.8. The van der Waals surface area contributed by atoms with E-state index in [2.05, 4.69) is 20.4 Å². The van der Waals surface area contributed by atoms with Gasteiger partial charge in [0.2, 0.25) is 11.8 Å². The van der Waals surface area contributed by atoms with Gasteiger partial charge in [0.15, 0.2) is 0 Å². The Morgan fingerprint density at radius 1 is 0.643 bits per heavy atom. The highest BCUT2D eigenvalue weighted by molar-refractivity contribution is 5.79. The molecule has 0 aromatic heterocycles. The molecule has 1 heterocycles. The molecule has 0 unspecified atom stereocenters. The molecular weight excluding hydrogens is 352 g/mol. The van der Waals surface area contributed by atoms with Gasteiger partial charge in [-0.2, -0.15) is 0 Å². The predicted octanol–water partition coefficient (Wildman–Crippen LogP) is 2.00. The first-order chi connectivity index (χ1) is 13.7. The topological polar surface area (TPSA) is 64.7 Å². The summed E-state index contributed by atoms with van der Waals surface area (Å²) in [5.41, 5.74) is 0. The Morgan fingerprint density at radius 3 is 1.36 bits per heavy atom. The summed E-state index contributed by atoms with van der Waals surface area (Å²) in [6.45, 7) is 8.25. The number of carbonyl (C=O) groups excluding carboxylic acids is 2. The quantitative estimate of drug-likeness (QED) is 0.558. The van der Waals surface area contributed by atoms with E-state index in [9.17, 15) is 9.59 Å². The third kappa shape index (κ3) is 7.03. The highest BCUT2D eigenvalue weighted by Crippen LogP contribution is 2.25. The van der Waals surface area contributed by atoms with Crippen LogP contribution in [0.15, 0.2) is 0 Å². The van der Waals surface area contributed by atoms with Crippen LogP contribution in [-0.4, -0.2) is 74.0 Å². The Balaban J connectivity index is 1.16. The van der Waals surface area contributed by atoms with Crippen molar-refractivity contribution in [2.24, 2.45) is 11.8 Å². The Kier molecular flexibility index (Phi) is 9.06. The first-order valence-electron chi connectivity index (χ1n) is 11.7. The van der Waals surface area contributed by atoms with Crippen molar-refractivity contribution < 1.29 is 9.59 Å². The van der Waals surface area contributed by atoms with Crippen LogP contribution < -0.4 is 10.6 Å². The fraction of sp³-hybridized carbons (Fsp3) is 0.909. The van der Waals surface area contributed by atoms with Gasteiger partial charge in [-0.15, -0.1) is 0 Å². The van der Waals surface area contributed by atoms with Gasteiger partial charge < -0.3 is 20.4 Å². The largest absolute Gasteiger partial charge is 0.356 e. The van der Waals surface area contributed by atoms with Crippen LogP contribution in [0.5, 0.6) is 0 Å². The Bertz CT molecular complexity index is 435. The number of piperazine rings is 1. The molecule has 3 fully saturated rings. The molecule has 2 aliphatic carbocycles. The van der Waals surface area contributed by atoms with E-state index >= 15 is 0 Å². The summed E-state index contributed by atoms with van der Waals surface area (Å²) in [4.78, 5) is 29.1. The maximum Gasteiger partial charge on any atom is 0.223 e. The number of rotatable bonds is 10. The summed E-state index contributed by atoms with van der Waals surface area (Å²) >= 11 is 0. The number of hydrogen-bond acceptors (Lipinski definition) is 4. The second-order valence-corrected chi connectivity index (χ2v) is 8.94. The van der Waals surface area contributed by atoms with Gasteiger partial charge in [-0.3, -0.25) is 9.59 Å².